The van der Waals surface area contributed by atoms with E-state index in [2.05, 4.69) is 47.3 Å². The molecule has 10 heteroatoms. The number of halogens is 2. The molecule has 0 saturated heterocycles. The number of hydrogen-bond donors (Lipinski definition) is 4. The van der Waals surface area contributed by atoms with E-state index in [4.69, 9.17) is 22.9 Å². The molecule has 3 fully saturated rings. The van der Waals surface area contributed by atoms with Crippen molar-refractivity contribution < 1.29 is 0 Å². The molecule has 0 aliphatic heterocycles. The average molecular weight is 500 g/mol. The van der Waals surface area contributed by atoms with Crippen molar-refractivity contribution in [2.75, 3.05) is 0 Å². The largest absolute Gasteiger partial charge is 0.369 e. The van der Waals surface area contributed by atoms with Crippen molar-refractivity contribution in [2.24, 2.45) is 77.8 Å². The molecule has 4 aliphatic rings. The number of hydrogen-bond acceptors (Lipinski definition) is 4. The van der Waals surface area contributed by atoms with Crippen LogP contribution in [0, 0.1) is 34.5 Å². The summed E-state index contributed by atoms with van der Waals surface area (Å²) < 4.78 is 0. The van der Waals surface area contributed by atoms with Gasteiger partial charge in [-0.1, -0.05) is 19.4 Å². The molecule has 0 unspecified atom stereocenters. The minimum atomic E-state index is 0. The smallest absolute Gasteiger partial charge is 0.211 e. The fourth-order valence-corrected chi connectivity index (χ4v) is 7.66. The molecule has 6 atom stereocenters. The van der Waals surface area contributed by atoms with Crippen molar-refractivity contribution >= 4 is 48.2 Å². The topological polar surface area (TPSA) is 154 Å². The standard InChI is InChI=1S/C23H38N8.2ClH/c1-13(28-30-20(24)25)17-6-7-18-16-5-4-14-12-15(29-31-21(26)27)8-10-22(14,2)19(16)9-11-23(17,18)3;;/h12,16-19H,4-11H2,1-3H3,(H4,24,25,30)(H4,26,27,31);2*1H/b28-13+,29-15-;;/t16-,17+,18-,19-,22-,23+;;/m0../s1. The van der Waals surface area contributed by atoms with E-state index in [1.54, 1.807) is 5.57 Å². The minimum Gasteiger partial charge on any atom is -0.369 e. The van der Waals surface area contributed by atoms with Gasteiger partial charge in [0.15, 0.2) is 0 Å². The molecule has 3 saturated carbocycles. The second-order valence-corrected chi connectivity index (χ2v) is 10.6. The lowest BCUT2D eigenvalue weighted by Gasteiger charge is -2.58. The zero-order chi connectivity index (χ0) is 22.4. The van der Waals surface area contributed by atoms with Gasteiger partial charge in [-0.05, 0) is 93.0 Å². The highest BCUT2D eigenvalue weighted by molar-refractivity contribution is 5.97. The zero-order valence-corrected chi connectivity index (χ0v) is 21.6. The molecule has 0 aromatic rings. The molecular formula is C23H40Cl2N8. The van der Waals surface area contributed by atoms with E-state index in [1.165, 1.54) is 32.1 Å². The molecule has 33 heavy (non-hydrogen) atoms. The molecule has 0 amide bonds. The predicted octanol–water partition coefficient (Wildman–Crippen LogP) is 3.69. The van der Waals surface area contributed by atoms with E-state index in [9.17, 15) is 0 Å². The van der Waals surface area contributed by atoms with E-state index in [0.717, 1.165) is 48.4 Å². The summed E-state index contributed by atoms with van der Waals surface area (Å²) in [5, 5.41) is 16.4. The summed E-state index contributed by atoms with van der Waals surface area (Å²) in [6.07, 6.45) is 11.8. The van der Waals surface area contributed by atoms with Gasteiger partial charge in [0, 0.05) is 11.6 Å². The third-order valence-corrected chi connectivity index (χ3v) is 9.10. The maximum atomic E-state index is 5.50. The Morgan fingerprint density at radius 3 is 2.21 bits per heavy atom. The maximum Gasteiger partial charge on any atom is 0.211 e. The first-order valence-electron chi connectivity index (χ1n) is 11.6. The van der Waals surface area contributed by atoms with Gasteiger partial charge in [-0.2, -0.15) is 10.2 Å². The quantitative estimate of drug-likeness (QED) is 0.266. The number of nitrogens with zero attached hydrogens (tertiary/aromatic N) is 4. The van der Waals surface area contributed by atoms with Gasteiger partial charge in [0.2, 0.25) is 11.9 Å². The lowest BCUT2D eigenvalue weighted by molar-refractivity contribution is -0.0407. The Labute approximate surface area is 209 Å². The van der Waals surface area contributed by atoms with Crippen molar-refractivity contribution in [3.63, 3.8) is 0 Å². The van der Waals surface area contributed by atoms with E-state index in [0.29, 0.717) is 11.3 Å². The van der Waals surface area contributed by atoms with Crippen LogP contribution in [0.4, 0.5) is 0 Å². The van der Waals surface area contributed by atoms with Crippen LogP contribution in [0.5, 0.6) is 0 Å². The van der Waals surface area contributed by atoms with Gasteiger partial charge in [-0.25, -0.2) is 0 Å². The molecule has 0 aromatic heterocycles. The Bertz CT molecular complexity index is 887. The van der Waals surface area contributed by atoms with Gasteiger partial charge in [-0.15, -0.1) is 35.0 Å². The Hall–Kier alpha value is -1.80. The van der Waals surface area contributed by atoms with Crippen LogP contribution in [0.3, 0.4) is 0 Å². The van der Waals surface area contributed by atoms with E-state index in [-0.39, 0.29) is 42.1 Å². The number of nitrogens with two attached hydrogens (primary N) is 4. The second kappa shape index (κ2) is 10.2. The molecule has 4 rings (SSSR count). The fraction of sp³-hybridized carbons (Fsp3) is 0.739. The molecule has 8 nitrogen and oxygen atoms in total. The number of fused-ring (bicyclic) bond motifs is 5. The lowest BCUT2D eigenvalue weighted by atomic mass is 9.46. The van der Waals surface area contributed by atoms with Crippen LogP contribution in [-0.2, 0) is 0 Å². The molecule has 0 spiro atoms. The van der Waals surface area contributed by atoms with Gasteiger partial charge in [-0.3, -0.25) is 0 Å². The number of rotatable bonds is 3. The van der Waals surface area contributed by atoms with Gasteiger partial charge in [0.05, 0.1) is 5.71 Å². The summed E-state index contributed by atoms with van der Waals surface area (Å²) in [7, 11) is 0. The van der Waals surface area contributed by atoms with Gasteiger partial charge in [0.25, 0.3) is 0 Å². The molecule has 8 N–H and O–H groups in total. The van der Waals surface area contributed by atoms with Crippen molar-refractivity contribution in [3.8, 4) is 0 Å². The zero-order valence-electron chi connectivity index (χ0n) is 20.0. The van der Waals surface area contributed by atoms with E-state index in [1.807, 2.05) is 0 Å². The highest BCUT2D eigenvalue weighted by Gasteiger charge is 2.59. The van der Waals surface area contributed by atoms with E-state index < -0.39 is 0 Å². The summed E-state index contributed by atoms with van der Waals surface area (Å²) in [6.45, 7) is 7.08. The van der Waals surface area contributed by atoms with Crippen LogP contribution in [0.2, 0.25) is 0 Å². The molecule has 0 radical (unpaired) electrons. The summed E-state index contributed by atoms with van der Waals surface area (Å²) in [5.41, 5.74) is 26.1. The highest BCUT2D eigenvalue weighted by Crippen LogP contribution is 2.66. The van der Waals surface area contributed by atoms with Crippen molar-refractivity contribution in [1.29, 1.82) is 0 Å². The van der Waals surface area contributed by atoms with Crippen molar-refractivity contribution in [1.82, 2.24) is 0 Å². The fourth-order valence-electron chi connectivity index (χ4n) is 7.66. The summed E-state index contributed by atoms with van der Waals surface area (Å²) >= 11 is 0. The first kappa shape index (κ1) is 27.4. The second-order valence-electron chi connectivity index (χ2n) is 10.6. The highest BCUT2D eigenvalue weighted by atomic mass is 35.5. The minimum absolute atomic E-state index is 0. The van der Waals surface area contributed by atoms with Crippen LogP contribution in [-0.4, -0.2) is 23.3 Å². The third-order valence-electron chi connectivity index (χ3n) is 9.10. The number of allylic oxidation sites excluding steroid dienone is 2. The number of guanidine groups is 2. The SMILES string of the molecule is C/C(=N\N=C(N)N)[C@H]1CC[C@H]2[C@@H]3CCC4=C/C(=N\N=C(N)N)CC[C@]4(C)[C@H]3CC[C@]12C.Cl.Cl. The van der Waals surface area contributed by atoms with E-state index >= 15 is 0 Å². The first-order chi connectivity index (χ1) is 14.6. The first-order valence-corrected chi connectivity index (χ1v) is 11.6. The average Bonchev–Trinajstić information content (AvgIpc) is 3.07. The van der Waals surface area contributed by atoms with Crippen LogP contribution in [0.15, 0.2) is 32.1 Å². The molecule has 186 valence electrons. The van der Waals surface area contributed by atoms with Crippen molar-refractivity contribution in [3.05, 3.63) is 11.6 Å². The van der Waals surface area contributed by atoms with Crippen LogP contribution < -0.4 is 22.9 Å². The molecule has 4 aliphatic carbocycles. The monoisotopic (exact) mass is 498 g/mol. The molecule has 0 bridgehead atoms. The lowest BCUT2D eigenvalue weighted by Crippen LogP contribution is -2.51. The Morgan fingerprint density at radius 2 is 1.55 bits per heavy atom. The van der Waals surface area contributed by atoms with Crippen LogP contribution >= 0.6 is 24.8 Å². The molecule has 0 heterocycles. The van der Waals surface area contributed by atoms with Crippen LogP contribution in [0.25, 0.3) is 0 Å². The Balaban J connectivity index is 0.00000193. The third kappa shape index (κ3) is 4.87. The Kier molecular flexibility index (Phi) is 8.50. The molecular weight excluding hydrogens is 459 g/mol. The summed E-state index contributed by atoms with van der Waals surface area (Å²) in [4.78, 5) is 0. The Morgan fingerprint density at radius 1 is 0.848 bits per heavy atom. The van der Waals surface area contributed by atoms with Gasteiger partial charge in [0.1, 0.15) is 0 Å². The molecule has 0 aromatic carbocycles. The van der Waals surface area contributed by atoms with Crippen LogP contribution in [0.1, 0.15) is 72.1 Å². The normalized spacial score (nSPS) is 38.5. The van der Waals surface area contributed by atoms with Gasteiger partial charge < -0.3 is 22.9 Å². The predicted molar refractivity (Wildman–Crippen MR) is 142 cm³/mol. The van der Waals surface area contributed by atoms with Crippen molar-refractivity contribution in [2.45, 2.75) is 72.1 Å². The van der Waals surface area contributed by atoms with Gasteiger partial charge >= 0.3 is 0 Å². The maximum absolute atomic E-state index is 5.50. The summed E-state index contributed by atoms with van der Waals surface area (Å²) in [6, 6.07) is 0. The summed E-state index contributed by atoms with van der Waals surface area (Å²) in [5.74, 6) is 2.78.